The van der Waals surface area contributed by atoms with Crippen molar-refractivity contribution in [2.75, 3.05) is 4.90 Å². The molecule has 3 aromatic rings. The molecule has 5 heteroatoms. The zero-order valence-electron chi connectivity index (χ0n) is 13.2. The second-order valence-electron chi connectivity index (χ2n) is 5.50. The molecular weight excluding hydrogens is 332 g/mol. The Morgan fingerprint density at radius 2 is 1.72 bits per heavy atom. The molecule has 2 heterocycles. The molecule has 0 saturated heterocycles. The van der Waals surface area contributed by atoms with E-state index in [2.05, 4.69) is 4.99 Å². The number of carbonyl (C=O) groups excluding carboxylic acids is 1. The maximum atomic E-state index is 13.0. The Labute approximate surface area is 149 Å². The van der Waals surface area contributed by atoms with E-state index in [1.807, 2.05) is 47.8 Å². The van der Waals surface area contributed by atoms with Crippen LogP contribution < -0.4 is 4.90 Å². The summed E-state index contributed by atoms with van der Waals surface area (Å²) in [6, 6.07) is 20.0. The topological polar surface area (TPSA) is 52.9 Å². The van der Waals surface area contributed by atoms with Gasteiger partial charge < -0.3 is 5.11 Å². The molecule has 4 nitrogen and oxygen atoms in total. The summed E-state index contributed by atoms with van der Waals surface area (Å²) in [6.45, 7) is 0. The molecule has 0 radical (unpaired) electrons. The van der Waals surface area contributed by atoms with Crippen molar-refractivity contribution in [3.8, 4) is 5.75 Å². The molecule has 0 saturated carbocycles. The monoisotopic (exact) mass is 346 g/mol. The zero-order valence-corrected chi connectivity index (χ0v) is 14.0. The Morgan fingerprint density at radius 1 is 0.960 bits per heavy atom. The summed E-state index contributed by atoms with van der Waals surface area (Å²) in [5.41, 5.74) is 1.92. The van der Waals surface area contributed by atoms with Crippen molar-refractivity contribution < 1.29 is 9.90 Å². The third kappa shape index (κ3) is 2.97. The normalized spacial score (nSPS) is 15.7. The van der Waals surface area contributed by atoms with E-state index in [0.29, 0.717) is 17.2 Å². The molecule has 1 aromatic heterocycles. The Bertz CT molecular complexity index is 959. The van der Waals surface area contributed by atoms with Gasteiger partial charge in [0.15, 0.2) is 0 Å². The van der Waals surface area contributed by atoms with Gasteiger partial charge in [0, 0.05) is 10.4 Å². The Balaban J connectivity index is 1.82. The molecule has 1 N–H and O–H groups in total. The number of phenols is 1. The van der Waals surface area contributed by atoms with Gasteiger partial charge in [0.05, 0.1) is 5.69 Å². The fraction of sp³-hybridized carbons (Fsp3) is 0. The van der Waals surface area contributed by atoms with Crippen molar-refractivity contribution in [1.29, 1.82) is 0 Å². The summed E-state index contributed by atoms with van der Waals surface area (Å²) in [7, 11) is 0. The molecule has 122 valence electrons. The molecule has 0 fully saturated rings. The summed E-state index contributed by atoms with van der Waals surface area (Å²) >= 11 is 1.56. The number of aromatic hydroxyl groups is 1. The highest BCUT2D eigenvalue weighted by Gasteiger charge is 2.32. The number of benzene rings is 2. The molecule has 1 amide bonds. The van der Waals surface area contributed by atoms with Crippen LogP contribution in [0, 0.1) is 0 Å². The summed E-state index contributed by atoms with van der Waals surface area (Å²) in [6.07, 6.45) is 1.80. The summed E-state index contributed by atoms with van der Waals surface area (Å²) < 4.78 is 0. The van der Waals surface area contributed by atoms with Gasteiger partial charge in [-0.25, -0.2) is 4.99 Å². The van der Waals surface area contributed by atoms with Crippen LogP contribution in [0.25, 0.3) is 6.08 Å². The lowest BCUT2D eigenvalue weighted by atomic mass is 10.2. The second-order valence-corrected chi connectivity index (χ2v) is 6.48. The number of rotatable bonds is 3. The van der Waals surface area contributed by atoms with E-state index in [1.165, 1.54) is 0 Å². The van der Waals surface area contributed by atoms with Crippen molar-refractivity contribution in [3.63, 3.8) is 0 Å². The third-order valence-corrected chi connectivity index (χ3v) is 4.64. The minimum absolute atomic E-state index is 0.156. The van der Waals surface area contributed by atoms with Crippen LogP contribution in [0.15, 0.2) is 82.8 Å². The Morgan fingerprint density at radius 3 is 2.40 bits per heavy atom. The minimum atomic E-state index is -0.182. The summed E-state index contributed by atoms with van der Waals surface area (Å²) in [4.78, 5) is 20.1. The first-order chi connectivity index (χ1) is 12.2. The van der Waals surface area contributed by atoms with Crippen LogP contribution in [0.2, 0.25) is 0 Å². The van der Waals surface area contributed by atoms with Gasteiger partial charge in [-0.1, -0.05) is 36.4 Å². The SMILES string of the molecule is O=C1/C(=C\c2cccs2)N=C(c2ccccc2)N1c1ccc(O)cc1. The van der Waals surface area contributed by atoms with Crippen LogP contribution in [-0.2, 0) is 4.79 Å². The number of thiophene rings is 1. The fourth-order valence-electron chi connectivity index (χ4n) is 2.65. The molecule has 0 atom stereocenters. The molecular formula is C20H14N2O2S. The van der Waals surface area contributed by atoms with Crippen molar-refractivity contribution in [2.45, 2.75) is 0 Å². The number of nitrogens with zero attached hydrogens (tertiary/aromatic N) is 2. The average Bonchev–Trinajstić information content (AvgIpc) is 3.26. The molecule has 1 aliphatic heterocycles. The van der Waals surface area contributed by atoms with Crippen LogP contribution in [-0.4, -0.2) is 16.8 Å². The predicted octanol–water partition coefficient (Wildman–Crippen LogP) is 4.29. The van der Waals surface area contributed by atoms with Crippen LogP contribution >= 0.6 is 11.3 Å². The standard InChI is InChI=1S/C20H14N2O2S/c23-16-10-8-15(9-11-16)22-19(14-5-2-1-3-6-14)21-18(20(22)24)13-17-7-4-12-25-17/h1-13,23H/b18-13+. The fourth-order valence-corrected chi connectivity index (χ4v) is 3.30. The van der Waals surface area contributed by atoms with E-state index in [0.717, 1.165) is 10.4 Å². The van der Waals surface area contributed by atoms with Gasteiger partial charge in [-0.15, -0.1) is 11.3 Å². The van der Waals surface area contributed by atoms with Gasteiger partial charge in [-0.3, -0.25) is 9.69 Å². The summed E-state index contributed by atoms with van der Waals surface area (Å²) in [5, 5.41) is 11.5. The van der Waals surface area contributed by atoms with Gasteiger partial charge in [-0.2, -0.15) is 0 Å². The zero-order chi connectivity index (χ0) is 17.2. The largest absolute Gasteiger partial charge is 0.508 e. The van der Waals surface area contributed by atoms with Gasteiger partial charge in [0.25, 0.3) is 5.91 Å². The first kappa shape index (κ1) is 15.4. The number of anilines is 1. The molecule has 25 heavy (non-hydrogen) atoms. The van der Waals surface area contributed by atoms with Gasteiger partial charge in [-0.05, 0) is 41.8 Å². The van der Waals surface area contributed by atoms with E-state index >= 15 is 0 Å². The lowest BCUT2D eigenvalue weighted by Gasteiger charge is -2.18. The second kappa shape index (κ2) is 6.37. The molecule has 4 rings (SSSR count). The lowest BCUT2D eigenvalue weighted by Crippen LogP contribution is -2.32. The number of phenolic OH excluding ortho intramolecular Hbond substituents is 1. The first-order valence-corrected chi connectivity index (χ1v) is 8.63. The minimum Gasteiger partial charge on any atom is -0.508 e. The van der Waals surface area contributed by atoms with Crippen LogP contribution in [0.1, 0.15) is 10.4 Å². The quantitative estimate of drug-likeness (QED) is 0.719. The smallest absolute Gasteiger partial charge is 0.282 e. The number of amidine groups is 1. The summed E-state index contributed by atoms with van der Waals surface area (Å²) in [5.74, 6) is 0.556. The van der Waals surface area contributed by atoms with E-state index in [-0.39, 0.29) is 11.7 Å². The number of hydrogen-bond donors (Lipinski definition) is 1. The van der Waals surface area contributed by atoms with Crippen molar-refractivity contribution in [3.05, 3.63) is 88.2 Å². The Kier molecular flexibility index (Phi) is 3.91. The number of carbonyl (C=O) groups is 1. The molecule has 0 bridgehead atoms. The third-order valence-electron chi connectivity index (χ3n) is 3.82. The van der Waals surface area contributed by atoms with Crippen molar-refractivity contribution in [1.82, 2.24) is 0 Å². The highest BCUT2D eigenvalue weighted by atomic mass is 32.1. The van der Waals surface area contributed by atoms with Gasteiger partial charge >= 0.3 is 0 Å². The van der Waals surface area contributed by atoms with E-state index in [1.54, 1.807) is 46.6 Å². The van der Waals surface area contributed by atoms with Crippen LogP contribution in [0.4, 0.5) is 5.69 Å². The average molecular weight is 346 g/mol. The molecule has 2 aromatic carbocycles. The van der Waals surface area contributed by atoms with Gasteiger partial charge in [0.2, 0.25) is 0 Å². The van der Waals surface area contributed by atoms with Crippen LogP contribution in [0.3, 0.4) is 0 Å². The highest BCUT2D eigenvalue weighted by Crippen LogP contribution is 2.29. The lowest BCUT2D eigenvalue weighted by molar-refractivity contribution is -0.113. The Hall–Kier alpha value is -3.18. The van der Waals surface area contributed by atoms with E-state index in [4.69, 9.17) is 0 Å². The molecule has 0 unspecified atom stereocenters. The molecule has 1 aliphatic rings. The van der Waals surface area contributed by atoms with E-state index in [9.17, 15) is 9.90 Å². The maximum Gasteiger partial charge on any atom is 0.282 e. The first-order valence-electron chi connectivity index (χ1n) is 7.75. The van der Waals surface area contributed by atoms with Crippen molar-refractivity contribution >= 4 is 34.8 Å². The van der Waals surface area contributed by atoms with Crippen molar-refractivity contribution in [2.24, 2.45) is 4.99 Å². The predicted molar refractivity (Wildman–Crippen MR) is 101 cm³/mol. The maximum absolute atomic E-state index is 13.0. The van der Waals surface area contributed by atoms with E-state index < -0.39 is 0 Å². The molecule has 0 spiro atoms. The number of hydrogen-bond acceptors (Lipinski definition) is 4. The van der Waals surface area contributed by atoms with Gasteiger partial charge in [0.1, 0.15) is 17.3 Å². The number of aliphatic imine (C=N–C) groups is 1. The molecule has 0 aliphatic carbocycles. The highest BCUT2D eigenvalue weighted by molar-refractivity contribution is 7.10. The number of amides is 1. The van der Waals surface area contributed by atoms with Crippen LogP contribution in [0.5, 0.6) is 5.75 Å².